The smallest absolute Gasteiger partial charge is 0.322 e. The Morgan fingerprint density at radius 3 is 2.53 bits per heavy atom. The zero-order valence-corrected chi connectivity index (χ0v) is 16.7. The van der Waals surface area contributed by atoms with Gasteiger partial charge in [0.1, 0.15) is 12.4 Å². The highest BCUT2D eigenvalue weighted by molar-refractivity contribution is 5.93. The van der Waals surface area contributed by atoms with Gasteiger partial charge < -0.3 is 20.2 Å². The van der Waals surface area contributed by atoms with Gasteiger partial charge in [-0.1, -0.05) is 36.4 Å². The minimum Gasteiger partial charge on any atom is -0.394 e. The van der Waals surface area contributed by atoms with Crippen LogP contribution in [0.2, 0.25) is 0 Å². The van der Waals surface area contributed by atoms with E-state index in [-0.39, 0.29) is 42.9 Å². The molecule has 0 saturated carbocycles. The zero-order valence-electron chi connectivity index (χ0n) is 16.7. The molecule has 2 aromatic rings. The van der Waals surface area contributed by atoms with Gasteiger partial charge in [0.25, 0.3) is 0 Å². The molecule has 2 aliphatic rings. The van der Waals surface area contributed by atoms with Crippen LogP contribution in [0.15, 0.2) is 54.6 Å². The van der Waals surface area contributed by atoms with Crippen molar-refractivity contribution in [2.24, 2.45) is 0 Å². The predicted molar refractivity (Wildman–Crippen MR) is 112 cm³/mol. The topological polar surface area (TPSA) is 72.9 Å². The van der Waals surface area contributed by atoms with E-state index in [1.54, 1.807) is 4.90 Å². The number of nitrogens with one attached hydrogen (secondary N) is 1. The maximum absolute atomic E-state index is 13.1. The van der Waals surface area contributed by atoms with Crippen LogP contribution < -0.4 is 5.32 Å². The lowest BCUT2D eigenvalue weighted by atomic mass is 9.73. The zero-order chi connectivity index (χ0) is 21.3. The third kappa shape index (κ3) is 3.68. The molecule has 7 heteroatoms. The second kappa shape index (κ2) is 8.28. The third-order valence-corrected chi connectivity index (χ3v) is 5.82. The van der Waals surface area contributed by atoms with Gasteiger partial charge in [-0.15, -0.1) is 0 Å². The van der Waals surface area contributed by atoms with Crippen LogP contribution >= 0.6 is 0 Å². The number of aliphatic hydroxyl groups is 1. The molecule has 2 heterocycles. The lowest BCUT2D eigenvalue weighted by Gasteiger charge is -2.58. The van der Waals surface area contributed by atoms with Crippen LogP contribution in [0.3, 0.4) is 0 Å². The van der Waals surface area contributed by atoms with Crippen molar-refractivity contribution in [3.8, 4) is 0 Å². The molecule has 3 amide bonds. The molecular weight excluding hydrogens is 385 g/mol. The van der Waals surface area contributed by atoms with Crippen LogP contribution in [0, 0.1) is 5.82 Å². The molecular formula is C23H24FN3O3. The first-order chi connectivity index (χ1) is 14.5. The predicted octanol–water partition coefficient (Wildman–Crippen LogP) is 3.06. The Morgan fingerprint density at radius 1 is 1.20 bits per heavy atom. The number of carbonyl (C=O) groups excluding carboxylic acids is 2. The van der Waals surface area contributed by atoms with E-state index in [9.17, 15) is 19.1 Å². The Bertz CT molecular complexity index is 959. The van der Waals surface area contributed by atoms with Crippen molar-refractivity contribution in [1.82, 2.24) is 9.80 Å². The second-order valence-corrected chi connectivity index (χ2v) is 7.63. The second-order valence-electron chi connectivity index (χ2n) is 7.63. The first-order valence-corrected chi connectivity index (χ1v) is 9.98. The number of allylic oxidation sites excluding steroid dienone is 1. The molecule has 0 spiro atoms. The number of fused-ring (bicyclic) bond motifs is 1. The molecule has 0 bridgehead atoms. The SMILES string of the molecule is C/C=C/c1ccc([C@@H]2[C@@H](CO)N3C(=O)CN(C(=O)Nc4ccc(F)cc4)C[C@@H]23)cc1. The molecule has 2 N–H and O–H groups in total. The third-order valence-electron chi connectivity index (χ3n) is 5.82. The Morgan fingerprint density at radius 2 is 1.90 bits per heavy atom. The van der Waals surface area contributed by atoms with Gasteiger partial charge in [-0.05, 0) is 42.3 Å². The molecule has 2 fully saturated rings. The first-order valence-electron chi connectivity index (χ1n) is 9.98. The molecule has 0 aliphatic carbocycles. The number of nitrogens with zero attached hydrogens (tertiary/aromatic N) is 2. The number of hydrogen-bond acceptors (Lipinski definition) is 3. The molecule has 0 aromatic heterocycles. The van der Waals surface area contributed by atoms with Crippen LogP contribution in [-0.4, -0.2) is 58.6 Å². The summed E-state index contributed by atoms with van der Waals surface area (Å²) in [6.45, 7) is 2.16. The molecule has 2 aromatic carbocycles. The van der Waals surface area contributed by atoms with Crippen molar-refractivity contribution in [2.75, 3.05) is 25.0 Å². The van der Waals surface area contributed by atoms with Gasteiger partial charge in [-0.3, -0.25) is 4.79 Å². The lowest BCUT2D eigenvalue weighted by molar-refractivity contribution is -0.159. The van der Waals surface area contributed by atoms with Crippen LogP contribution in [0.1, 0.15) is 24.0 Å². The molecule has 6 nitrogen and oxygen atoms in total. The monoisotopic (exact) mass is 409 g/mol. The van der Waals surface area contributed by atoms with E-state index in [1.807, 2.05) is 43.3 Å². The maximum atomic E-state index is 13.1. The fourth-order valence-electron chi connectivity index (χ4n) is 4.41. The number of halogens is 1. The van der Waals surface area contributed by atoms with Gasteiger partial charge in [0.05, 0.1) is 18.7 Å². The minimum absolute atomic E-state index is 0.0416. The molecule has 0 radical (unpaired) electrons. The van der Waals surface area contributed by atoms with Gasteiger partial charge in [-0.2, -0.15) is 0 Å². The highest BCUT2D eigenvalue weighted by Gasteiger charge is 2.54. The van der Waals surface area contributed by atoms with Crippen LogP contribution in [0.25, 0.3) is 6.08 Å². The van der Waals surface area contributed by atoms with Crippen molar-refractivity contribution in [1.29, 1.82) is 0 Å². The van der Waals surface area contributed by atoms with Gasteiger partial charge in [0.2, 0.25) is 5.91 Å². The summed E-state index contributed by atoms with van der Waals surface area (Å²) in [6.07, 6.45) is 3.97. The van der Waals surface area contributed by atoms with E-state index in [1.165, 1.54) is 29.2 Å². The molecule has 3 atom stereocenters. The fourth-order valence-corrected chi connectivity index (χ4v) is 4.41. The number of piperazine rings is 1. The van der Waals surface area contributed by atoms with E-state index in [4.69, 9.17) is 0 Å². The highest BCUT2D eigenvalue weighted by Crippen LogP contribution is 2.43. The summed E-state index contributed by atoms with van der Waals surface area (Å²) in [5, 5.41) is 12.6. The van der Waals surface area contributed by atoms with Crippen LogP contribution in [0.4, 0.5) is 14.9 Å². The summed E-state index contributed by atoms with van der Waals surface area (Å²) in [7, 11) is 0. The summed E-state index contributed by atoms with van der Waals surface area (Å²) in [5.74, 6) is -0.606. The number of hydrogen-bond donors (Lipinski definition) is 2. The van der Waals surface area contributed by atoms with Crippen LogP contribution in [-0.2, 0) is 4.79 Å². The summed E-state index contributed by atoms with van der Waals surface area (Å²) in [6, 6.07) is 12.7. The quantitative estimate of drug-likeness (QED) is 0.815. The molecule has 2 saturated heterocycles. The van der Waals surface area contributed by atoms with Crippen molar-refractivity contribution in [3.63, 3.8) is 0 Å². The molecule has 4 rings (SSSR count). The fraction of sp³-hybridized carbons (Fsp3) is 0.304. The number of benzene rings is 2. The van der Waals surface area contributed by atoms with E-state index in [0.29, 0.717) is 12.2 Å². The van der Waals surface area contributed by atoms with Crippen molar-refractivity contribution in [2.45, 2.75) is 24.9 Å². The molecule has 156 valence electrons. The Balaban J connectivity index is 1.50. The summed E-state index contributed by atoms with van der Waals surface area (Å²) >= 11 is 0. The summed E-state index contributed by atoms with van der Waals surface area (Å²) in [5.41, 5.74) is 2.59. The number of carbonyl (C=O) groups is 2. The standard InChI is InChI=1S/C23H24FN3O3/c1-2-3-15-4-6-16(7-5-15)22-19-12-26(13-21(29)27(19)20(22)14-28)23(30)25-18-10-8-17(24)9-11-18/h2-11,19-20,22,28H,12-14H2,1H3,(H,25,30)/b3-2+/t19-,20+,22-/m0/s1. The number of amides is 3. The molecule has 0 unspecified atom stereocenters. The van der Waals surface area contributed by atoms with E-state index >= 15 is 0 Å². The lowest BCUT2D eigenvalue weighted by Crippen LogP contribution is -2.73. The van der Waals surface area contributed by atoms with E-state index in [2.05, 4.69) is 5.32 Å². The molecule has 2 aliphatic heterocycles. The number of anilines is 1. The number of urea groups is 1. The summed E-state index contributed by atoms with van der Waals surface area (Å²) < 4.78 is 13.1. The largest absolute Gasteiger partial charge is 0.394 e. The Kier molecular flexibility index (Phi) is 5.55. The first kappa shape index (κ1) is 20.1. The van der Waals surface area contributed by atoms with E-state index in [0.717, 1.165) is 11.1 Å². The van der Waals surface area contributed by atoms with Gasteiger partial charge >= 0.3 is 6.03 Å². The Labute approximate surface area is 174 Å². The number of aliphatic hydroxyl groups excluding tert-OH is 1. The minimum atomic E-state index is -0.399. The molecule has 30 heavy (non-hydrogen) atoms. The van der Waals surface area contributed by atoms with Crippen molar-refractivity contribution in [3.05, 3.63) is 71.6 Å². The van der Waals surface area contributed by atoms with E-state index < -0.39 is 6.03 Å². The van der Waals surface area contributed by atoms with Crippen molar-refractivity contribution < 1.29 is 19.1 Å². The average molecular weight is 409 g/mol. The van der Waals surface area contributed by atoms with Gasteiger partial charge in [-0.25, -0.2) is 9.18 Å². The van der Waals surface area contributed by atoms with Crippen LogP contribution in [0.5, 0.6) is 0 Å². The number of rotatable bonds is 4. The highest BCUT2D eigenvalue weighted by atomic mass is 19.1. The van der Waals surface area contributed by atoms with Crippen molar-refractivity contribution >= 4 is 23.7 Å². The summed E-state index contributed by atoms with van der Waals surface area (Å²) in [4.78, 5) is 28.5. The maximum Gasteiger partial charge on any atom is 0.322 e. The van der Waals surface area contributed by atoms with Gasteiger partial charge in [0.15, 0.2) is 0 Å². The average Bonchev–Trinajstić information content (AvgIpc) is 2.72. The van der Waals surface area contributed by atoms with Gasteiger partial charge in [0, 0.05) is 18.2 Å². The Hall–Kier alpha value is -3.19. The normalized spacial score (nSPS) is 23.3.